The number of hydrogen-bond acceptors (Lipinski definition) is 6. The molecule has 176 valence electrons. The molecule has 0 aliphatic heterocycles. The molecular weight excluding hydrogens is 410 g/mol. The number of amides is 1. The van der Waals surface area contributed by atoms with Crippen LogP contribution in [0.3, 0.4) is 0 Å². The molecule has 2 rings (SSSR count). The van der Waals surface area contributed by atoms with Crippen LogP contribution in [0.2, 0.25) is 0 Å². The Morgan fingerprint density at radius 2 is 1.78 bits per heavy atom. The average molecular weight is 446 g/mol. The van der Waals surface area contributed by atoms with Crippen molar-refractivity contribution in [3.05, 3.63) is 36.0 Å². The van der Waals surface area contributed by atoms with Crippen LogP contribution in [-0.2, 0) is 30.4 Å². The minimum absolute atomic E-state index is 0.154. The van der Waals surface area contributed by atoms with Crippen molar-refractivity contribution in [1.82, 2.24) is 15.8 Å². The Hall–Kier alpha value is -2.87. The maximum Gasteiger partial charge on any atom is 0.330 e. The van der Waals surface area contributed by atoms with E-state index in [4.69, 9.17) is 9.57 Å². The van der Waals surface area contributed by atoms with Crippen LogP contribution in [0.1, 0.15) is 53.5 Å². The summed E-state index contributed by atoms with van der Waals surface area (Å²) < 4.78 is 5.20. The Morgan fingerprint density at radius 3 is 2.41 bits per heavy atom. The fourth-order valence-corrected chi connectivity index (χ4v) is 3.19. The minimum Gasteiger partial charge on any atom is -0.464 e. The van der Waals surface area contributed by atoms with Gasteiger partial charge in [-0.2, -0.15) is 0 Å². The fourth-order valence-electron chi connectivity index (χ4n) is 3.19. The SMILES string of the molecule is CCOC(=O)[C@H](Cc1c[nH]c2ccccc12)NC(=O)[C@@H](CC(C)C)NOC(=O)C(C)(C)C. The Morgan fingerprint density at radius 1 is 1.09 bits per heavy atom. The summed E-state index contributed by atoms with van der Waals surface area (Å²) in [5, 5.41) is 3.77. The van der Waals surface area contributed by atoms with Crippen molar-refractivity contribution in [1.29, 1.82) is 0 Å². The monoisotopic (exact) mass is 445 g/mol. The highest BCUT2D eigenvalue weighted by atomic mass is 16.7. The predicted molar refractivity (Wildman–Crippen MR) is 122 cm³/mol. The number of esters is 1. The van der Waals surface area contributed by atoms with Crippen molar-refractivity contribution in [3.63, 3.8) is 0 Å². The van der Waals surface area contributed by atoms with Crippen LogP contribution < -0.4 is 10.8 Å². The van der Waals surface area contributed by atoms with E-state index in [9.17, 15) is 14.4 Å². The Labute approximate surface area is 189 Å². The van der Waals surface area contributed by atoms with Gasteiger partial charge in [-0.25, -0.2) is 9.59 Å². The number of rotatable bonds is 10. The zero-order chi connectivity index (χ0) is 23.9. The first-order valence-corrected chi connectivity index (χ1v) is 11.0. The molecule has 0 saturated heterocycles. The lowest BCUT2D eigenvalue weighted by Gasteiger charge is -2.24. The van der Waals surface area contributed by atoms with Crippen molar-refractivity contribution in [2.45, 2.75) is 66.5 Å². The average Bonchev–Trinajstić information content (AvgIpc) is 3.12. The number of carbonyl (C=O) groups is 3. The number of aromatic amines is 1. The second-order valence-corrected chi connectivity index (χ2v) is 9.32. The number of para-hydroxylation sites is 1. The van der Waals surface area contributed by atoms with Gasteiger partial charge in [0, 0.05) is 23.5 Å². The molecule has 0 saturated carbocycles. The zero-order valence-electron chi connectivity index (χ0n) is 19.8. The van der Waals surface area contributed by atoms with Crippen molar-refractivity contribution < 1.29 is 24.0 Å². The van der Waals surface area contributed by atoms with Gasteiger partial charge in [-0.15, -0.1) is 5.48 Å². The number of aromatic nitrogens is 1. The summed E-state index contributed by atoms with van der Waals surface area (Å²) >= 11 is 0. The van der Waals surface area contributed by atoms with Crippen molar-refractivity contribution in [3.8, 4) is 0 Å². The van der Waals surface area contributed by atoms with Gasteiger partial charge in [-0.1, -0.05) is 32.0 Å². The second kappa shape index (κ2) is 11.1. The molecule has 2 atom stereocenters. The van der Waals surface area contributed by atoms with E-state index in [0.29, 0.717) is 6.42 Å². The third-order valence-electron chi connectivity index (χ3n) is 4.92. The van der Waals surface area contributed by atoms with E-state index < -0.39 is 35.3 Å². The van der Waals surface area contributed by atoms with Crippen LogP contribution in [0.4, 0.5) is 0 Å². The number of hydrogen-bond donors (Lipinski definition) is 3. The molecular formula is C24H35N3O5. The summed E-state index contributed by atoms with van der Waals surface area (Å²) in [6.07, 6.45) is 2.52. The Balaban J connectivity index is 2.18. The maximum atomic E-state index is 13.1. The molecule has 1 amide bonds. The smallest absolute Gasteiger partial charge is 0.330 e. The van der Waals surface area contributed by atoms with Crippen LogP contribution in [0.5, 0.6) is 0 Å². The summed E-state index contributed by atoms with van der Waals surface area (Å²) in [5.74, 6) is -1.26. The van der Waals surface area contributed by atoms with E-state index in [-0.39, 0.29) is 18.9 Å². The van der Waals surface area contributed by atoms with E-state index in [0.717, 1.165) is 16.5 Å². The van der Waals surface area contributed by atoms with Crippen LogP contribution in [-0.4, -0.2) is 41.5 Å². The third-order valence-corrected chi connectivity index (χ3v) is 4.92. The number of fused-ring (bicyclic) bond motifs is 1. The highest BCUT2D eigenvalue weighted by Crippen LogP contribution is 2.20. The number of H-pyrrole nitrogens is 1. The first-order valence-electron chi connectivity index (χ1n) is 11.0. The zero-order valence-corrected chi connectivity index (χ0v) is 19.8. The van der Waals surface area contributed by atoms with E-state index in [1.165, 1.54) is 0 Å². The topological polar surface area (TPSA) is 110 Å². The largest absolute Gasteiger partial charge is 0.464 e. The van der Waals surface area contributed by atoms with E-state index in [1.54, 1.807) is 27.7 Å². The van der Waals surface area contributed by atoms with Crippen LogP contribution >= 0.6 is 0 Å². The first kappa shape index (κ1) is 25.4. The van der Waals surface area contributed by atoms with Crippen molar-refractivity contribution in [2.24, 2.45) is 11.3 Å². The Kier molecular flexibility index (Phi) is 8.83. The molecule has 8 heteroatoms. The summed E-state index contributed by atoms with van der Waals surface area (Å²) in [5.41, 5.74) is 3.73. The number of ether oxygens (including phenoxy) is 1. The maximum absolute atomic E-state index is 13.1. The molecule has 0 aliphatic carbocycles. The van der Waals surface area contributed by atoms with Gasteiger partial charge in [-0.05, 0) is 51.7 Å². The van der Waals surface area contributed by atoms with Crippen LogP contribution in [0, 0.1) is 11.3 Å². The molecule has 0 unspecified atom stereocenters. The highest BCUT2D eigenvalue weighted by Gasteiger charge is 2.30. The summed E-state index contributed by atoms with van der Waals surface area (Å²) in [4.78, 5) is 46.2. The lowest BCUT2D eigenvalue weighted by atomic mass is 9.98. The molecule has 1 aromatic heterocycles. The van der Waals surface area contributed by atoms with Gasteiger partial charge in [0.1, 0.15) is 12.1 Å². The molecule has 32 heavy (non-hydrogen) atoms. The minimum atomic E-state index is -0.878. The normalized spacial score (nSPS) is 13.6. The molecule has 8 nitrogen and oxygen atoms in total. The van der Waals surface area contributed by atoms with E-state index >= 15 is 0 Å². The lowest BCUT2D eigenvalue weighted by molar-refractivity contribution is -0.164. The molecule has 0 bridgehead atoms. The molecule has 0 aliphatic rings. The number of hydroxylamine groups is 1. The van der Waals surface area contributed by atoms with Crippen molar-refractivity contribution in [2.75, 3.05) is 6.61 Å². The van der Waals surface area contributed by atoms with Gasteiger partial charge in [0.25, 0.3) is 0 Å². The molecule has 3 N–H and O–H groups in total. The predicted octanol–water partition coefficient (Wildman–Crippen LogP) is 3.27. The molecule has 0 radical (unpaired) electrons. The molecule has 1 heterocycles. The number of benzene rings is 1. The van der Waals surface area contributed by atoms with Gasteiger partial charge in [0.15, 0.2) is 0 Å². The second-order valence-electron chi connectivity index (χ2n) is 9.32. The standard InChI is InChI=1S/C24H35N3O5/c1-7-31-22(29)20(13-16-14-25-18-11-9-8-10-17(16)18)26-21(28)19(12-15(2)3)27-32-23(30)24(4,5)6/h8-11,14-15,19-20,25,27H,7,12-13H2,1-6H3,(H,26,28)/t19-,20+/m1/s1. The summed E-state index contributed by atoms with van der Waals surface area (Å²) in [6.45, 7) is 11.0. The quantitative estimate of drug-likeness (QED) is 0.383. The Bertz CT molecular complexity index is 929. The van der Waals surface area contributed by atoms with Crippen LogP contribution in [0.15, 0.2) is 30.5 Å². The lowest BCUT2D eigenvalue weighted by Crippen LogP contribution is -2.52. The highest BCUT2D eigenvalue weighted by molar-refractivity contribution is 5.89. The van der Waals surface area contributed by atoms with Gasteiger partial charge < -0.3 is 19.9 Å². The van der Waals surface area contributed by atoms with Gasteiger partial charge >= 0.3 is 11.9 Å². The summed E-state index contributed by atoms with van der Waals surface area (Å²) in [6, 6.07) is 6.07. The van der Waals surface area contributed by atoms with Crippen LogP contribution in [0.25, 0.3) is 10.9 Å². The first-order chi connectivity index (χ1) is 15.0. The van der Waals surface area contributed by atoms with Gasteiger partial charge in [0.05, 0.1) is 12.0 Å². The van der Waals surface area contributed by atoms with Gasteiger partial charge in [0.2, 0.25) is 5.91 Å². The van der Waals surface area contributed by atoms with Gasteiger partial charge in [-0.3, -0.25) is 4.79 Å². The number of carbonyl (C=O) groups excluding carboxylic acids is 3. The van der Waals surface area contributed by atoms with Crippen molar-refractivity contribution >= 4 is 28.7 Å². The molecule has 1 aromatic carbocycles. The third kappa shape index (κ3) is 7.09. The molecule has 2 aromatic rings. The van der Waals surface area contributed by atoms with E-state index in [2.05, 4.69) is 15.8 Å². The molecule has 0 fully saturated rings. The number of nitrogens with one attached hydrogen (secondary N) is 3. The fraction of sp³-hybridized carbons (Fsp3) is 0.542. The summed E-state index contributed by atoms with van der Waals surface area (Å²) in [7, 11) is 0. The molecule has 0 spiro atoms. The van der Waals surface area contributed by atoms with E-state index in [1.807, 2.05) is 44.3 Å².